The van der Waals surface area contributed by atoms with Gasteiger partial charge in [-0.1, -0.05) is 11.6 Å². The van der Waals surface area contributed by atoms with Crippen LogP contribution in [-0.4, -0.2) is 28.7 Å². The SMILES string of the molecule is COCCCCNS(=O)(=O)c1ccc(C#N)cc1Cl. The minimum absolute atomic E-state index is 0.0140. The minimum atomic E-state index is -3.64. The Bertz CT molecular complexity index is 567. The number of ether oxygens (including phenoxy) is 1. The van der Waals surface area contributed by atoms with Crippen LogP contribution in [0.1, 0.15) is 18.4 Å². The summed E-state index contributed by atoms with van der Waals surface area (Å²) in [6.07, 6.45) is 1.46. The van der Waals surface area contributed by atoms with Crippen molar-refractivity contribution in [1.29, 1.82) is 5.26 Å². The number of hydrogen-bond acceptors (Lipinski definition) is 4. The molecule has 0 aliphatic carbocycles. The topological polar surface area (TPSA) is 79.2 Å². The summed E-state index contributed by atoms with van der Waals surface area (Å²) in [7, 11) is -2.04. The second-order valence-electron chi connectivity index (χ2n) is 3.85. The van der Waals surface area contributed by atoms with Gasteiger partial charge in [-0.05, 0) is 31.0 Å². The zero-order valence-corrected chi connectivity index (χ0v) is 12.1. The summed E-state index contributed by atoms with van der Waals surface area (Å²) >= 11 is 5.86. The maximum absolute atomic E-state index is 12.0. The van der Waals surface area contributed by atoms with Crippen LogP contribution in [0.3, 0.4) is 0 Å². The number of sulfonamides is 1. The third-order valence-electron chi connectivity index (χ3n) is 2.42. The molecule has 1 aromatic rings. The van der Waals surface area contributed by atoms with Crippen molar-refractivity contribution < 1.29 is 13.2 Å². The molecule has 0 aliphatic heterocycles. The van der Waals surface area contributed by atoms with Crippen LogP contribution in [0.15, 0.2) is 23.1 Å². The van der Waals surface area contributed by atoms with E-state index in [1.54, 1.807) is 7.11 Å². The normalized spacial score (nSPS) is 11.2. The zero-order valence-electron chi connectivity index (χ0n) is 10.5. The molecule has 19 heavy (non-hydrogen) atoms. The summed E-state index contributed by atoms with van der Waals surface area (Å²) in [6, 6.07) is 5.99. The average molecular weight is 303 g/mol. The fraction of sp³-hybridized carbons (Fsp3) is 0.417. The maximum Gasteiger partial charge on any atom is 0.242 e. The number of benzene rings is 1. The predicted octanol–water partition coefficient (Wildman–Crippen LogP) is 1.92. The van der Waals surface area contributed by atoms with Crippen LogP contribution in [0.25, 0.3) is 0 Å². The summed E-state index contributed by atoms with van der Waals surface area (Å²) in [6.45, 7) is 0.918. The standard InChI is InChI=1S/C12H15ClN2O3S/c1-18-7-3-2-6-15-19(16,17)12-5-4-10(9-14)8-11(12)13/h4-5,8,15H,2-3,6-7H2,1H3. The van der Waals surface area contributed by atoms with Crippen LogP contribution in [0.4, 0.5) is 0 Å². The number of unbranched alkanes of at least 4 members (excludes halogenated alkanes) is 1. The first-order valence-electron chi connectivity index (χ1n) is 5.69. The van der Waals surface area contributed by atoms with Gasteiger partial charge in [0.15, 0.2) is 0 Å². The van der Waals surface area contributed by atoms with Crippen molar-refractivity contribution >= 4 is 21.6 Å². The van der Waals surface area contributed by atoms with Gasteiger partial charge in [-0.3, -0.25) is 0 Å². The van der Waals surface area contributed by atoms with Crippen molar-refractivity contribution in [3.63, 3.8) is 0 Å². The molecule has 0 amide bonds. The van der Waals surface area contributed by atoms with Gasteiger partial charge in [0.05, 0.1) is 16.7 Å². The van der Waals surface area contributed by atoms with Gasteiger partial charge in [0.2, 0.25) is 10.0 Å². The van der Waals surface area contributed by atoms with Crippen molar-refractivity contribution in [2.24, 2.45) is 0 Å². The Morgan fingerprint density at radius 3 is 2.74 bits per heavy atom. The van der Waals surface area contributed by atoms with Gasteiger partial charge in [-0.25, -0.2) is 13.1 Å². The highest BCUT2D eigenvalue weighted by Gasteiger charge is 2.17. The van der Waals surface area contributed by atoms with E-state index in [2.05, 4.69) is 4.72 Å². The molecule has 1 rings (SSSR count). The van der Waals surface area contributed by atoms with E-state index >= 15 is 0 Å². The Morgan fingerprint density at radius 1 is 1.42 bits per heavy atom. The minimum Gasteiger partial charge on any atom is -0.385 e. The van der Waals surface area contributed by atoms with Crippen molar-refractivity contribution in [3.05, 3.63) is 28.8 Å². The molecule has 0 unspecified atom stereocenters. The molecule has 0 heterocycles. The molecule has 0 spiro atoms. The van der Waals surface area contributed by atoms with Crippen LogP contribution in [0.5, 0.6) is 0 Å². The van der Waals surface area contributed by atoms with Crippen molar-refractivity contribution in [2.45, 2.75) is 17.7 Å². The highest BCUT2D eigenvalue weighted by molar-refractivity contribution is 7.89. The lowest BCUT2D eigenvalue weighted by Gasteiger charge is -2.08. The monoisotopic (exact) mass is 302 g/mol. The van der Waals surface area contributed by atoms with Crippen molar-refractivity contribution in [3.8, 4) is 6.07 Å². The highest BCUT2D eigenvalue weighted by Crippen LogP contribution is 2.22. The first-order chi connectivity index (χ1) is 9.01. The molecule has 1 aromatic carbocycles. The summed E-state index contributed by atoms with van der Waals surface area (Å²) in [5.41, 5.74) is 0.323. The second-order valence-corrected chi connectivity index (χ2v) is 6.00. The van der Waals surface area contributed by atoms with E-state index in [1.807, 2.05) is 6.07 Å². The Balaban J connectivity index is 2.70. The van der Waals surface area contributed by atoms with Gasteiger partial charge < -0.3 is 4.74 Å². The lowest BCUT2D eigenvalue weighted by Crippen LogP contribution is -2.25. The molecule has 0 atom stereocenters. The van der Waals surface area contributed by atoms with Crippen molar-refractivity contribution in [2.75, 3.05) is 20.3 Å². The van der Waals surface area contributed by atoms with Gasteiger partial charge in [0.25, 0.3) is 0 Å². The smallest absolute Gasteiger partial charge is 0.242 e. The molecule has 0 aromatic heterocycles. The number of rotatable bonds is 7. The van der Waals surface area contributed by atoms with E-state index in [1.165, 1.54) is 18.2 Å². The third kappa shape index (κ3) is 4.80. The van der Waals surface area contributed by atoms with Gasteiger partial charge in [0.1, 0.15) is 4.90 Å². The van der Waals surface area contributed by atoms with Gasteiger partial charge in [-0.2, -0.15) is 5.26 Å². The molecule has 0 saturated heterocycles. The summed E-state index contributed by atoms with van der Waals surface area (Å²) in [5.74, 6) is 0. The first kappa shape index (κ1) is 15.9. The summed E-state index contributed by atoms with van der Waals surface area (Å²) in [4.78, 5) is -0.0140. The molecule has 104 valence electrons. The molecule has 1 N–H and O–H groups in total. The van der Waals surface area contributed by atoms with Crippen LogP contribution < -0.4 is 4.72 Å². The Morgan fingerprint density at radius 2 is 2.16 bits per heavy atom. The van der Waals surface area contributed by atoms with E-state index in [4.69, 9.17) is 21.6 Å². The molecule has 0 bridgehead atoms. The number of nitrogens with one attached hydrogen (secondary N) is 1. The van der Waals surface area contributed by atoms with Crippen LogP contribution >= 0.6 is 11.6 Å². The molecule has 7 heteroatoms. The number of nitriles is 1. The Kier molecular flexibility index (Phi) is 6.25. The largest absolute Gasteiger partial charge is 0.385 e. The number of methoxy groups -OCH3 is 1. The Hall–Kier alpha value is -1.13. The fourth-order valence-electron chi connectivity index (χ4n) is 1.44. The number of nitrogens with zero attached hydrogens (tertiary/aromatic N) is 1. The lowest BCUT2D eigenvalue weighted by molar-refractivity contribution is 0.193. The van der Waals surface area contributed by atoms with Gasteiger partial charge >= 0.3 is 0 Å². The summed E-state index contributed by atoms with van der Waals surface area (Å²) in [5, 5.41) is 8.74. The van der Waals surface area contributed by atoms with Crippen LogP contribution in [0, 0.1) is 11.3 Å². The summed E-state index contributed by atoms with van der Waals surface area (Å²) < 4.78 is 31.3. The van der Waals surface area contributed by atoms with Crippen molar-refractivity contribution in [1.82, 2.24) is 4.72 Å². The average Bonchev–Trinajstić information content (AvgIpc) is 2.37. The molecule has 0 aliphatic rings. The van der Waals surface area contributed by atoms with E-state index in [-0.39, 0.29) is 9.92 Å². The lowest BCUT2D eigenvalue weighted by atomic mass is 10.2. The zero-order chi connectivity index (χ0) is 14.3. The van der Waals surface area contributed by atoms with E-state index in [0.29, 0.717) is 25.1 Å². The molecular formula is C12H15ClN2O3S. The second kappa shape index (κ2) is 7.46. The fourth-order valence-corrected chi connectivity index (χ4v) is 3.06. The van der Waals surface area contributed by atoms with Crippen LogP contribution in [-0.2, 0) is 14.8 Å². The number of halogens is 1. The number of hydrogen-bond donors (Lipinski definition) is 1. The third-order valence-corrected chi connectivity index (χ3v) is 4.36. The van der Waals surface area contributed by atoms with Crippen LogP contribution in [0.2, 0.25) is 5.02 Å². The molecule has 0 saturated carbocycles. The highest BCUT2D eigenvalue weighted by atomic mass is 35.5. The first-order valence-corrected chi connectivity index (χ1v) is 7.55. The van der Waals surface area contributed by atoms with Gasteiger partial charge in [0, 0.05) is 20.3 Å². The maximum atomic E-state index is 12.0. The molecule has 0 radical (unpaired) electrons. The van der Waals surface area contributed by atoms with E-state index < -0.39 is 10.0 Å². The quantitative estimate of drug-likeness (QED) is 0.780. The Labute approximate surface area is 118 Å². The van der Waals surface area contributed by atoms with E-state index in [0.717, 1.165) is 6.42 Å². The van der Waals surface area contributed by atoms with E-state index in [9.17, 15) is 8.42 Å². The molecule has 0 fully saturated rings. The molecule has 5 nitrogen and oxygen atoms in total. The molecular weight excluding hydrogens is 288 g/mol. The van der Waals surface area contributed by atoms with Gasteiger partial charge in [-0.15, -0.1) is 0 Å². The predicted molar refractivity (Wildman–Crippen MR) is 72.5 cm³/mol.